The average molecular weight is 209 g/mol. The first kappa shape index (κ1) is 11.3. The summed E-state index contributed by atoms with van der Waals surface area (Å²) in [4.78, 5) is 16.6. The van der Waals surface area contributed by atoms with Crippen LogP contribution in [0.2, 0.25) is 0 Å². The molecular weight excluding hydrogens is 194 g/mol. The topological polar surface area (TPSA) is 68.5 Å². The lowest BCUT2D eigenvalue weighted by Gasteiger charge is -2.11. The Morgan fingerprint density at radius 2 is 2.33 bits per heavy atom. The van der Waals surface area contributed by atoms with Gasteiger partial charge in [-0.3, -0.25) is 4.79 Å². The maximum absolute atomic E-state index is 11.2. The van der Waals surface area contributed by atoms with Crippen LogP contribution in [0.25, 0.3) is 0 Å². The zero-order chi connectivity index (χ0) is 11.3. The number of rotatable bonds is 4. The number of nitrogen functional groups attached to an aromatic ring is 1. The van der Waals surface area contributed by atoms with Crippen LogP contribution >= 0.6 is 0 Å². The molecule has 1 rings (SSSR count). The maximum Gasteiger partial charge on any atom is 0.225 e. The Bertz CT molecular complexity index is 339. The summed E-state index contributed by atoms with van der Waals surface area (Å²) in [5.41, 5.74) is 5.57. The molecule has 0 spiro atoms. The van der Waals surface area contributed by atoms with E-state index in [9.17, 15) is 4.79 Å². The number of amides is 1. The number of pyridine rings is 1. The molecule has 0 bridgehead atoms. The zero-order valence-electron chi connectivity index (χ0n) is 8.93. The van der Waals surface area contributed by atoms with Crippen molar-refractivity contribution in [3.8, 4) is 5.75 Å². The van der Waals surface area contributed by atoms with Crippen molar-refractivity contribution >= 4 is 11.7 Å². The molecule has 0 aromatic carbocycles. The zero-order valence-corrected chi connectivity index (χ0v) is 8.93. The quantitative estimate of drug-likeness (QED) is 0.785. The summed E-state index contributed by atoms with van der Waals surface area (Å²) < 4.78 is 5.32. The van der Waals surface area contributed by atoms with Gasteiger partial charge in [-0.05, 0) is 12.1 Å². The van der Waals surface area contributed by atoms with E-state index in [1.54, 1.807) is 32.4 Å². The van der Waals surface area contributed by atoms with Gasteiger partial charge in [0.05, 0.1) is 13.0 Å². The fraction of sp³-hybridized carbons (Fsp3) is 0.400. The number of hydrogen-bond acceptors (Lipinski definition) is 4. The van der Waals surface area contributed by atoms with Gasteiger partial charge in [0.2, 0.25) is 5.91 Å². The number of carbonyl (C=O) groups is 1. The van der Waals surface area contributed by atoms with Gasteiger partial charge in [-0.15, -0.1) is 0 Å². The Hall–Kier alpha value is -1.78. The van der Waals surface area contributed by atoms with Crippen molar-refractivity contribution in [3.63, 3.8) is 0 Å². The van der Waals surface area contributed by atoms with Gasteiger partial charge < -0.3 is 15.4 Å². The standard InChI is InChI=1S/C10H15N3O2/c1-13(2)9(14)5-7-15-8-4-3-6-12-10(8)11/h3-4,6H,5,7H2,1-2H3,(H2,11,12). The molecule has 0 fully saturated rings. The van der Waals surface area contributed by atoms with E-state index in [1.165, 1.54) is 4.90 Å². The molecule has 1 aromatic heterocycles. The van der Waals surface area contributed by atoms with E-state index in [0.29, 0.717) is 24.6 Å². The van der Waals surface area contributed by atoms with E-state index in [-0.39, 0.29) is 5.91 Å². The number of carbonyl (C=O) groups excluding carboxylic acids is 1. The molecule has 0 saturated heterocycles. The van der Waals surface area contributed by atoms with Crippen LogP contribution in [-0.2, 0) is 4.79 Å². The van der Waals surface area contributed by atoms with Crippen molar-refractivity contribution in [1.82, 2.24) is 9.88 Å². The summed E-state index contributed by atoms with van der Waals surface area (Å²) in [5.74, 6) is 0.885. The van der Waals surface area contributed by atoms with Gasteiger partial charge in [0.15, 0.2) is 11.6 Å². The van der Waals surface area contributed by atoms with Crippen LogP contribution in [-0.4, -0.2) is 36.5 Å². The normalized spacial score (nSPS) is 9.73. The van der Waals surface area contributed by atoms with Gasteiger partial charge in [-0.1, -0.05) is 0 Å². The minimum absolute atomic E-state index is 0.0254. The third kappa shape index (κ3) is 3.46. The Kier molecular flexibility index (Phi) is 3.91. The van der Waals surface area contributed by atoms with Gasteiger partial charge in [0.25, 0.3) is 0 Å². The summed E-state index contributed by atoms with van der Waals surface area (Å²) in [6, 6.07) is 3.46. The molecule has 0 aliphatic heterocycles. The van der Waals surface area contributed by atoms with Crippen LogP contribution in [0.4, 0.5) is 5.82 Å². The van der Waals surface area contributed by atoms with Crippen LogP contribution < -0.4 is 10.5 Å². The molecule has 1 amide bonds. The summed E-state index contributed by atoms with van der Waals surface area (Å²) >= 11 is 0. The van der Waals surface area contributed by atoms with Gasteiger partial charge >= 0.3 is 0 Å². The number of anilines is 1. The van der Waals surface area contributed by atoms with E-state index in [1.807, 2.05) is 0 Å². The monoisotopic (exact) mass is 209 g/mol. The number of hydrogen-bond donors (Lipinski definition) is 1. The highest BCUT2D eigenvalue weighted by Crippen LogP contribution is 2.16. The van der Waals surface area contributed by atoms with Gasteiger partial charge in [-0.2, -0.15) is 0 Å². The predicted octanol–water partition coefficient (Wildman–Crippen LogP) is 0.521. The van der Waals surface area contributed by atoms with Crippen LogP contribution in [0.15, 0.2) is 18.3 Å². The minimum Gasteiger partial charge on any atom is -0.489 e. The molecule has 5 nitrogen and oxygen atoms in total. The molecule has 15 heavy (non-hydrogen) atoms. The molecule has 5 heteroatoms. The van der Waals surface area contributed by atoms with Crippen LogP contribution in [0.5, 0.6) is 5.75 Å². The van der Waals surface area contributed by atoms with Crippen molar-refractivity contribution < 1.29 is 9.53 Å². The second kappa shape index (κ2) is 5.19. The molecule has 82 valence electrons. The summed E-state index contributed by atoms with van der Waals surface area (Å²) in [5, 5.41) is 0. The Balaban J connectivity index is 2.38. The molecule has 0 unspecified atom stereocenters. The molecular formula is C10H15N3O2. The predicted molar refractivity (Wildman–Crippen MR) is 57.5 cm³/mol. The molecule has 0 radical (unpaired) electrons. The highest BCUT2D eigenvalue weighted by Gasteiger charge is 2.05. The van der Waals surface area contributed by atoms with E-state index >= 15 is 0 Å². The largest absolute Gasteiger partial charge is 0.489 e. The summed E-state index contributed by atoms with van der Waals surface area (Å²) in [7, 11) is 3.42. The van der Waals surface area contributed by atoms with Crippen LogP contribution in [0.3, 0.4) is 0 Å². The fourth-order valence-corrected chi connectivity index (χ4v) is 0.997. The second-order valence-electron chi connectivity index (χ2n) is 3.27. The van der Waals surface area contributed by atoms with Crippen molar-refractivity contribution in [2.75, 3.05) is 26.4 Å². The Labute approximate surface area is 88.9 Å². The van der Waals surface area contributed by atoms with Crippen LogP contribution in [0, 0.1) is 0 Å². The molecule has 1 aromatic rings. The molecule has 0 atom stereocenters. The van der Waals surface area contributed by atoms with Gasteiger partial charge in [-0.25, -0.2) is 4.98 Å². The lowest BCUT2D eigenvalue weighted by atomic mass is 10.4. The SMILES string of the molecule is CN(C)C(=O)CCOc1cccnc1N. The third-order valence-electron chi connectivity index (χ3n) is 1.87. The number of aromatic nitrogens is 1. The molecule has 1 heterocycles. The first-order valence-corrected chi connectivity index (χ1v) is 4.64. The Morgan fingerprint density at radius 1 is 1.60 bits per heavy atom. The molecule has 0 aliphatic rings. The highest BCUT2D eigenvalue weighted by atomic mass is 16.5. The van der Waals surface area contributed by atoms with Crippen molar-refractivity contribution in [2.45, 2.75) is 6.42 Å². The minimum atomic E-state index is 0.0254. The number of nitrogens with zero attached hydrogens (tertiary/aromatic N) is 2. The maximum atomic E-state index is 11.2. The number of nitrogens with two attached hydrogens (primary N) is 1. The second-order valence-corrected chi connectivity index (χ2v) is 3.27. The first-order chi connectivity index (χ1) is 7.11. The third-order valence-corrected chi connectivity index (χ3v) is 1.87. The van der Waals surface area contributed by atoms with E-state index in [4.69, 9.17) is 10.5 Å². The molecule has 2 N–H and O–H groups in total. The first-order valence-electron chi connectivity index (χ1n) is 4.64. The fourth-order valence-electron chi connectivity index (χ4n) is 0.997. The molecule has 0 aliphatic carbocycles. The van der Waals surface area contributed by atoms with Gasteiger partial charge in [0, 0.05) is 20.3 Å². The van der Waals surface area contributed by atoms with Crippen molar-refractivity contribution in [2.24, 2.45) is 0 Å². The van der Waals surface area contributed by atoms with Crippen molar-refractivity contribution in [1.29, 1.82) is 0 Å². The highest BCUT2D eigenvalue weighted by molar-refractivity contribution is 5.75. The van der Waals surface area contributed by atoms with Crippen LogP contribution in [0.1, 0.15) is 6.42 Å². The summed E-state index contributed by atoms with van der Waals surface area (Å²) in [6.45, 7) is 0.312. The van der Waals surface area contributed by atoms with E-state index in [0.717, 1.165) is 0 Å². The molecule has 0 saturated carbocycles. The smallest absolute Gasteiger partial charge is 0.225 e. The lowest BCUT2D eigenvalue weighted by Crippen LogP contribution is -2.23. The Morgan fingerprint density at radius 3 is 2.93 bits per heavy atom. The van der Waals surface area contributed by atoms with Crippen molar-refractivity contribution in [3.05, 3.63) is 18.3 Å². The number of ether oxygens (including phenoxy) is 1. The average Bonchev–Trinajstić information content (AvgIpc) is 2.20. The van der Waals surface area contributed by atoms with Gasteiger partial charge in [0.1, 0.15) is 0 Å². The summed E-state index contributed by atoms with van der Waals surface area (Å²) in [6.07, 6.45) is 1.93. The van der Waals surface area contributed by atoms with E-state index in [2.05, 4.69) is 4.98 Å². The lowest BCUT2D eigenvalue weighted by molar-refractivity contribution is -0.129. The van der Waals surface area contributed by atoms with E-state index < -0.39 is 0 Å².